The smallest absolute Gasteiger partial charge is 0.191 e. The predicted octanol–water partition coefficient (Wildman–Crippen LogP) is 3.60. The fraction of sp³-hybridized carbons (Fsp3) is 0.435. The second-order valence-corrected chi connectivity index (χ2v) is 7.95. The zero-order valence-corrected chi connectivity index (χ0v) is 17.4. The standard InChI is InChI=1S/C23H30N6/c1-3-24-22(25-16-21-28-27-20-11-4-7-14-29(20)21)26-17-23(12-5-6-13-23)19-10-8-9-18(2)15-19/h4,7-11,14-15H,3,5-6,12-13,16-17H2,1-2H3,(H2,24,25,26). The van der Waals surface area contributed by atoms with Gasteiger partial charge in [-0.25, -0.2) is 4.99 Å². The van der Waals surface area contributed by atoms with Crippen molar-refractivity contribution in [3.8, 4) is 0 Å². The van der Waals surface area contributed by atoms with Crippen LogP contribution in [0.1, 0.15) is 49.6 Å². The SMILES string of the molecule is CCNC(=NCc1nnc2ccccn12)NCC1(c2cccc(C)c2)CCCC1. The first-order valence-electron chi connectivity index (χ1n) is 10.6. The molecule has 0 radical (unpaired) electrons. The van der Waals surface area contributed by atoms with Crippen molar-refractivity contribution in [1.29, 1.82) is 0 Å². The lowest BCUT2D eigenvalue weighted by molar-refractivity contribution is 0.431. The number of nitrogens with one attached hydrogen (secondary N) is 2. The lowest BCUT2D eigenvalue weighted by atomic mass is 9.78. The van der Waals surface area contributed by atoms with Crippen molar-refractivity contribution in [2.75, 3.05) is 13.1 Å². The Hall–Kier alpha value is -2.89. The van der Waals surface area contributed by atoms with E-state index in [9.17, 15) is 0 Å². The lowest BCUT2D eigenvalue weighted by Crippen LogP contribution is -2.44. The summed E-state index contributed by atoms with van der Waals surface area (Å²) in [5, 5.41) is 15.5. The highest BCUT2D eigenvalue weighted by Crippen LogP contribution is 2.40. The van der Waals surface area contributed by atoms with Crippen molar-refractivity contribution < 1.29 is 0 Å². The van der Waals surface area contributed by atoms with Gasteiger partial charge in [0.05, 0.1) is 0 Å². The molecule has 6 nitrogen and oxygen atoms in total. The molecule has 1 fully saturated rings. The molecule has 0 bridgehead atoms. The summed E-state index contributed by atoms with van der Waals surface area (Å²) in [6.45, 7) is 6.47. The maximum Gasteiger partial charge on any atom is 0.191 e. The van der Waals surface area contributed by atoms with Gasteiger partial charge in [0, 0.05) is 24.7 Å². The first-order valence-corrected chi connectivity index (χ1v) is 10.6. The minimum absolute atomic E-state index is 0.184. The van der Waals surface area contributed by atoms with Crippen molar-refractivity contribution in [3.63, 3.8) is 0 Å². The molecular formula is C23H30N6. The summed E-state index contributed by atoms with van der Waals surface area (Å²) in [5.41, 5.74) is 3.80. The lowest BCUT2D eigenvalue weighted by Gasteiger charge is -2.31. The minimum Gasteiger partial charge on any atom is -0.357 e. The largest absolute Gasteiger partial charge is 0.357 e. The topological polar surface area (TPSA) is 66.6 Å². The van der Waals surface area contributed by atoms with Gasteiger partial charge in [-0.15, -0.1) is 10.2 Å². The monoisotopic (exact) mass is 390 g/mol. The van der Waals surface area contributed by atoms with Gasteiger partial charge < -0.3 is 10.6 Å². The van der Waals surface area contributed by atoms with E-state index in [1.54, 1.807) is 0 Å². The molecule has 0 unspecified atom stereocenters. The number of nitrogens with zero attached hydrogens (tertiary/aromatic N) is 4. The van der Waals surface area contributed by atoms with E-state index in [4.69, 9.17) is 4.99 Å². The van der Waals surface area contributed by atoms with Crippen LogP contribution in [0.3, 0.4) is 0 Å². The van der Waals surface area contributed by atoms with E-state index in [0.29, 0.717) is 6.54 Å². The summed E-state index contributed by atoms with van der Waals surface area (Å²) in [4.78, 5) is 4.78. The van der Waals surface area contributed by atoms with Crippen LogP contribution in [0.2, 0.25) is 0 Å². The Balaban J connectivity index is 1.50. The van der Waals surface area contributed by atoms with Crippen LogP contribution in [0.25, 0.3) is 5.65 Å². The summed E-state index contributed by atoms with van der Waals surface area (Å²) >= 11 is 0. The van der Waals surface area contributed by atoms with E-state index in [0.717, 1.165) is 30.5 Å². The Labute approximate surface area is 172 Å². The Morgan fingerprint density at radius 2 is 1.97 bits per heavy atom. The van der Waals surface area contributed by atoms with Crippen LogP contribution < -0.4 is 10.6 Å². The van der Waals surface area contributed by atoms with Gasteiger partial charge in [0.15, 0.2) is 17.4 Å². The number of benzene rings is 1. The van der Waals surface area contributed by atoms with Gasteiger partial charge in [-0.2, -0.15) is 0 Å². The van der Waals surface area contributed by atoms with Gasteiger partial charge in [0.1, 0.15) is 6.54 Å². The molecule has 3 aromatic rings. The molecule has 0 amide bonds. The maximum absolute atomic E-state index is 4.78. The average molecular weight is 391 g/mol. The highest BCUT2D eigenvalue weighted by molar-refractivity contribution is 5.79. The molecule has 4 rings (SSSR count). The Morgan fingerprint density at radius 1 is 1.10 bits per heavy atom. The third-order valence-corrected chi connectivity index (χ3v) is 5.89. The fourth-order valence-electron chi connectivity index (χ4n) is 4.34. The van der Waals surface area contributed by atoms with Gasteiger partial charge in [0.25, 0.3) is 0 Å². The maximum atomic E-state index is 4.78. The van der Waals surface area contributed by atoms with E-state index in [2.05, 4.69) is 58.9 Å². The molecule has 0 atom stereocenters. The quantitative estimate of drug-likeness (QED) is 0.498. The van der Waals surface area contributed by atoms with Crippen LogP contribution in [0.15, 0.2) is 53.7 Å². The molecule has 2 aromatic heterocycles. The van der Waals surface area contributed by atoms with Crippen molar-refractivity contribution in [3.05, 3.63) is 65.6 Å². The number of aromatic nitrogens is 3. The van der Waals surface area contributed by atoms with Crippen LogP contribution >= 0.6 is 0 Å². The van der Waals surface area contributed by atoms with E-state index < -0.39 is 0 Å². The molecular weight excluding hydrogens is 360 g/mol. The number of aryl methyl sites for hydroxylation is 1. The fourth-order valence-corrected chi connectivity index (χ4v) is 4.34. The van der Waals surface area contributed by atoms with Gasteiger partial charge >= 0.3 is 0 Å². The molecule has 1 aromatic carbocycles. The van der Waals surface area contributed by atoms with E-state index >= 15 is 0 Å². The Morgan fingerprint density at radius 3 is 2.76 bits per heavy atom. The third-order valence-electron chi connectivity index (χ3n) is 5.89. The van der Waals surface area contributed by atoms with Gasteiger partial charge in [-0.1, -0.05) is 48.7 Å². The number of guanidine groups is 1. The molecule has 1 saturated carbocycles. The Bertz CT molecular complexity index is 984. The van der Waals surface area contributed by atoms with Gasteiger partial charge in [0.2, 0.25) is 0 Å². The van der Waals surface area contributed by atoms with Crippen LogP contribution in [-0.4, -0.2) is 33.6 Å². The van der Waals surface area contributed by atoms with Crippen LogP contribution in [-0.2, 0) is 12.0 Å². The number of fused-ring (bicyclic) bond motifs is 1. The first kappa shape index (κ1) is 19.4. The van der Waals surface area contributed by atoms with E-state index in [-0.39, 0.29) is 5.41 Å². The minimum atomic E-state index is 0.184. The summed E-state index contributed by atoms with van der Waals surface area (Å²) in [5.74, 6) is 1.67. The average Bonchev–Trinajstić information content (AvgIpc) is 3.38. The molecule has 0 spiro atoms. The van der Waals surface area contributed by atoms with Crippen molar-refractivity contribution in [1.82, 2.24) is 25.2 Å². The van der Waals surface area contributed by atoms with Gasteiger partial charge in [-0.3, -0.25) is 4.40 Å². The molecule has 29 heavy (non-hydrogen) atoms. The van der Waals surface area contributed by atoms with Gasteiger partial charge in [-0.05, 0) is 44.4 Å². The van der Waals surface area contributed by atoms with E-state index in [1.165, 1.54) is 36.8 Å². The van der Waals surface area contributed by atoms with Crippen LogP contribution in [0, 0.1) is 6.92 Å². The predicted molar refractivity (Wildman–Crippen MR) is 117 cm³/mol. The second kappa shape index (κ2) is 8.64. The zero-order chi connectivity index (χ0) is 20.1. The Kier molecular flexibility index (Phi) is 5.79. The molecule has 2 N–H and O–H groups in total. The molecule has 0 saturated heterocycles. The molecule has 152 valence electrons. The molecule has 0 aliphatic heterocycles. The third kappa shape index (κ3) is 4.26. The number of aliphatic imine (C=N–C) groups is 1. The molecule has 6 heteroatoms. The van der Waals surface area contributed by atoms with Crippen molar-refractivity contribution >= 4 is 11.6 Å². The van der Waals surface area contributed by atoms with Crippen molar-refractivity contribution in [2.24, 2.45) is 4.99 Å². The summed E-state index contributed by atoms with van der Waals surface area (Å²) in [6, 6.07) is 14.9. The number of pyridine rings is 1. The number of hydrogen-bond donors (Lipinski definition) is 2. The van der Waals surface area contributed by atoms with E-state index in [1.807, 2.05) is 28.8 Å². The molecule has 2 heterocycles. The first-order chi connectivity index (χ1) is 14.2. The highest BCUT2D eigenvalue weighted by Gasteiger charge is 2.35. The highest BCUT2D eigenvalue weighted by atomic mass is 15.3. The summed E-state index contributed by atoms with van der Waals surface area (Å²) in [6.07, 6.45) is 6.99. The normalized spacial score (nSPS) is 16.3. The number of rotatable bonds is 6. The van der Waals surface area contributed by atoms with Crippen LogP contribution in [0.4, 0.5) is 0 Å². The molecule has 1 aliphatic rings. The summed E-state index contributed by atoms with van der Waals surface area (Å²) in [7, 11) is 0. The number of hydrogen-bond acceptors (Lipinski definition) is 3. The summed E-state index contributed by atoms with van der Waals surface area (Å²) < 4.78 is 1.98. The second-order valence-electron chi connectivity index (χ2n) is 7.95. The molecule has 1 aliphatic carbocycles. The zero-order valence-electron chi connectivity index (χ0n) is 17.4. The van der Waals surface area contributed by atoms with Crippen molar-refractivity contribution in [2.45, 2.75) is 51.5 Å². The van der Waals surface area contributed by atoms with Crippen LogP contribution in [0.5, 0.6) is 0 Å².